The van der Waals surface area contributed by atoms with Crippen molar-refractivity contribution in [1.82, 2.24) is 4.98 Å². The summed E-state index contributed by atoms with van der Waals surface area (Å²) in [5.74, 6) is -1.23. The zero-order valence-corrected chi connectivity index (χ0v) is 11.1. The minimum absolute atomic E-state index is 0.0824. The van der Waals surface area contributed by atoms with E-state index in [2.05, 4.69) is 14.5 Å². The summed E-state index contributed by atoms with van der Waals surface area (Å²) in [7, 11) is 2.50. The first-order valence-electron chi connectivity index (χ1n) is 5.89. The molecule has 102 valence electrons. The van der Waals surface area contributed by atoms with Crippen LogP contribution in [0.2, 0.25) is 0 Å². The Morgan fingerprint density at radius 1 is 0.950 bits per heavy atom. The maximum absolute atomic E-state index is 11.8. The van der Waals surface area contributed by atoms with E-state index in [9.17, 15) is 9.59 Å². The molecule has 0 atom stereocenters. The van der Waals surface area contributed by atoms with Crippen molar-refractivity contribution in [3.8, 4) is 11.3 Å². The molecule has 0 saturated carbocycles. The molecule has 1 heterocycles. The summed E-state index contributed by atoms with van der Waals surface area (Å²) in [6.07, 6.45) is 1.32. The highest BCUT2D eigenvalue weighted by molar-refractivity contribution is 6.03. The third-order valence-electron chi connectivity index (χ3n) is 2.78. The zero-order chi connectivity index (χ0) is 14.5. The quantitative estimate of drug-likeness (QED) is 0.801. The maximum atomic E-state index is 11.8. The number of carbonyl (C=O) groups excluding carboxylic acids is 2. The molecular formula is C15H13NO4. The first-order chi connectivity index (χ1) is 9.67. The number of pyridine rings is 1. The lowest BCUT2D eigenvalue weighted by Crippen LogP contribution is -2.12. The molecule has 5 nitrogen and oxygen atoms in total. The third kappa shape index (κ3) is 2.66. The lowest BCUT2D eigenvalue weighted by atomic mass is 10.1. The van der Waals surface area contributed by atoms with Crippen LogP contribution < -0.4 is 0 Å². The van der Waals surface area contributed by atoms with E-state index in [1.165, 1.54) is 26.5 Å². The fourth-order valence-electron chi connectivity index (χ4n) is 1.77. The standard InChI is InChI=1S/C15H13NO4/c1-19-14(17)11-8-13(10-6-4-3-5-7-10)16-9-12(11)15(18)20-2/h3-9H,1-2H3. The van der Waals surface area contributed by atoms with E-state index in [0.717, 1.165) is 5.56 Å². The van der Waals surface area contributed by atoms with Gasteiger partial charge < -0.3 is 9.47 Å². The van der Waals surface area contributed by atoms with Crippen LogP contribution in [0, 0.1) is 0 Å². The second kappa shape index (κ2) is 5.97. The van der Waals surface area contributed by atoms with Crippen LogP contribution in [-0.4, -0.2) is 31.1 Å². The van der Waals surface area contributed by atoms with Crippen molar-refractivity contribution in [1.29, 1.82) is 0 Å². The fourth-order valence-corrected chi connectivity index (χ4v) is 1.77. The minimum Gasteiger partial charge on any atom is -0.465 e. The number of nitrogens with zero attached hydrogens (tertiary/aromatic N) is 1. The van der Waals surface area contributed by atoms with Crippen molar-refractivity contribution in [3.05, 3.63) is 53.7 Å². The largest absolute Gasteiger partial charge is 0.465 e. The van der Waals surface area contributed by atoms with Gasteiger partial charge in [-0.1, -0.05) is 30.3 Å². The number of ether oxygens (including phenoxy) is 2. The third-order valence-corrected chi connectivity index (χ3v) is 2.78. The molecule has 0 aliphatic rings. The van der Waals surface area contributed by atoms with Crippen molar-refractivity contribution < 1.29 is 19.1 Å². The fraction of sp³-hybridized carbons (Fsp3) is 0.133. The Bertz CT molecular complexity index is 638. The van der Waals surface area contributed by atoms with Crippen LogP contribution in [0.15, 0.2) is 42.6 Å². The molecule has 0 unspecified atom stereocenters. The van der Waals surface area contributed by atoms with Gasteiger partial charge in [-0.15, -0.1) is 0 Å². The van der Waals surface area contributed by atoms with Gasteiger partial charge in [0, 0.05) is 11.8 Å². The van der Waals surface area contributed by atoms with Crippen LogP contribution >= 0.6 is 0 Å². The van der Waals surface area contributed by atoms with E-state index in [4.69, 9.17) is 0 Å². The Balaban J connectivity index is 2.54. The van der Waals surface area contributed by atoms with Gasteiger partial charge in [-0.05, 0) is 6.07 Å². The average Bonchev–Trinajstić information content (AvgIpc) is 2.53. The molecule has 0 aliphatic heterocycles. The predicted molar refractivity (Wildman–Crippen MR) is 72.4 cm³/mol. The van der Waals surface area contributed by atoms with Crippen molar-refractivity contribution in [3.63, 3.8) is 0 Å². The molecule has 0 radical (unpaired) electrons. The van der Waals surface area contributed by atoms with Gasteiger partial charge in [0.05, 0.1) is 31.0 Å². The van der Waals surface area contributed by atoms with Gasteiger partial charge in [-0.2, -0.15) is 0 Å². The van der Waals surface area contributed by atoms with Gasteiger partial charge >= 0.3 is 11.9 Å². The molecule has 1 aromatic heterocycles. The first kappa shape index (κ1) is 13.7. The van der Waals surface area contributed by atoms with Crippen molar-refractivity contribution in [2.75, 3.05) is 14.2 Å². The van der Waals surface area contributed by atoms with Gasteiger partial charge in [0.25, 0.3) is 0 Å². The van der Waals surface area contributed by atoms with E-state index in [1.807, 2.05) is 30.3 Å². The highest BCUT2D eigenvalue weighted by Gasteiger charge is 2.20. The molecule has 0 bridgehead atoms. The molecule has 5 heteroatoms. The van der Waals surface area contributed by atoms with Crippen molar-refractivity contribution in [2.45, 2.75) is 0 Å². The van der Waals surface area contributed by atoms with Crippen LogP contribution in [0.25, 0.3) is 11.3 Å². The second-order valence-corrected chi connectivity index (χ2v) is 3.96. The molecule has 0 amide bonds. The SMILES string of the molecule is COC(=O)c1cnc(-c2ccccc2)cc1C(=O)OC. The molecule has 0 aliphatic carbocycles. The normalized spacial score (nSPS) is 9.90. The highest BCUT2D eigenvalue weighted by atomic mass is 16.5. The maximum Gasteiger partial charge on any atom is 0.340 e. The Kier molecular flexibility index (Phi) is 4.10. The van der Waals surface area contributed by atoms with Crippen LogP contribution in [-0.2, 0) is 9.47 Å². The molecular weight excluding hydrogens is 258 g/mol. The number of carbonyl (C=O) groups is 2. The van der Waals surface area contributed by atoms with E-state index >= 15 is 0 Å². The predicted octanol–water partition coefficient (Wildman–Crippen LogP) is 2.32. The first-order valence-corrected chi connectivity index (χ1v) is 5.89. The van der Waals surface area contributed by atoms with Crippen LogP contribution in [0.1, 0.15) is 20.7 Å². The molecule has 2 aromatic rings. The lowest BCUT2D eigenvalue weighted by molar-refractivity contribution is 0.0555. The highest BCUT2D eigenvalue weighted by Crippen LogP contribution is 2.20. The summed E-state index contributed by atoms with van der Waals surface area (Å²) < 4.78 is 9.32. The van der Waals surface area contributed by atoms with E-state index in [0.29, 0.717) is 5.69 Å². The Morgan fingerprint density at radius 3 is 2.15 bits per heavy atom. The van der Waals surface area contributed by atoms with Crippen LogP contribution in [0.5, 0.6) is 0 Å². The molecule has 0 saturated heterocycles. The van der Waals surface area contributed by atoms with Crippen LogP contribution in [0.3, 0.4) is 0 Å². The second-order valence-electron chi connectivity index (χ2n) is 3.96. The molecule has 1 aromatic carbocycles. The van der Waals surface area contributed by atoms with Gasteiger partial charge in [-0.3, -0.25) is 4.98 Å². The summed E-state index contributed by atoms with van der Waals surface area (Å²) in [4.78, 5) is 27.6. The number of methoxy groups -OCH3 is 2. The average molecular weight is 271 g/mol. The zero-order valence-electron chi connectivity index (χ0n) is 11.1. The summed E-state index contributed by atoms with van der Waals surface area (Å²) in [5.41, 5.74) is 1.64. The summed E-state index contributed by atoms with van der Waals surface area (Å²) in [6.45, 7) is 0. The molecule has 20 heavy (non-hydrogen) atoms. The Labute approximate surface area is 116 Å². The van der Waals surface area contributed by atoms with E-state index in [1.54, 1.807) is 0 Å². The Morgan fingerprint density at radius 2 is 1.55 bits per heavy atom. The minimum atomic E-state index is -0.627. The number of benzene rings is 1. The van der Waals surface area contributed by atoms with Gasteiger partial charge in [0.15, 0.2) is 0 Å². The molecule has 0 fully saturated rings. The molecule has 0 N–H and O–H groups in total. The molecule has 0 spiro atoms. The smallest absolute Gasteiger partial charge is 0.340 e. The Hall–Kier alpha value is -2.69. The van der Waals surface area contributed by atoms with E-state index < -0.39 is 11.9 Å². The summed E-state index contributed by atoms with van der Waals surface area (Å²) in [5, 5.41) is 0. The van der Waals surface area contributed by atoms with Gasteiger partial charge in [-0.25, -0.2) is 9.59 Å². The number of aromatic nitrogens is 1. The van der Waals surface area contributed by atoms with Crippen LogP contribution in [0.4, 0.5) is 0 Å². The number of rotatable bonds is 3. The number of hydrogen-bond donors (Lipinski definition) is 0. The van der Waals surface area contributed by atoms with E-state index in [-0.39, 0.29) is 11.1 Å². The topological polar surface area (TPSA) is 65.5 Å². The van der Waals surface area contributed by atoms with Crippen molar-refractivity contribution in [2.24, 2.45) is 0 Å². The monoisotopic (exact) mass is 271 g/mol. The number of hydrogen-bond acceptors (Lipinski definition) is 5. The van der Waals surface area contributed by atoms with Crippen molar-refractivity contribution >= 4 is 11.9 Å². The summed E-state index contributed by atoms with van der Waals surface area (Å²) >= 11 is 0. The van der Waals surface area contributed by atoms with Gasteiger partial charge in [0.1, 0.15) is 0 Å². The summed E-state index contributed by atoms with van der Waals surface area (Å²) in [6, 6.07) is 10.9. The lowest BCUT2D eigenvalue weighted by Gasteiger charge is -2.08. The van der Waals surface area contributed by atoms with Gasteiger partial charge in [0.2, 0.25) is 0 Å². The number of esters is 2. The molecule has 2 rings (SSSR count).